The SMILES string of the molecule is COc1ccc(C[C@@]23CCN[C@H]2CC(=NNCc2cccnc2)CC3)cc1OC. The fraction of sp³-hybridized carbons (Fsp3) is 0.478. The van der Waals surface area contributed by atoms with Crippen LogP contribution >= 0.6 is 0 Å². The molecule has 1 aliphatic heterocycles. The van der Waals surface area contributed by atoms with Gasteiger partial charge in [-0.15, -0.1) is 0 Å². The maximum absolute atomic E-state index is 5.50. The Hall–Kier alpha value is -2.60. The summed E-state index contributed by atoms with van der Waals surface area (Å²) in [6, 6.07) is 10.8. The van der Waals surface area contributed by atoms with E-state index in [1.807, 2.05) is 18.3 Å². The van der Waals surface area contributed by atoms with E-state index in [1.165, 1.54) is 17.7 Å². The zero-order valence-electron chi connectivity index (χ0n) is 17.3. The fourth-order valence-corrected chi connectivity index (χ4v) is 4.75. The fourth-order valence-electron chi connectivity index (χ4n) is 4.75. The summed E-state index contributed by atoms with van der Waals surface area (Å²) in [4.78, 5) is 4.15. The maximum Gasteiger partial charge on any atom is 0.160 e. The van der Waals surface area contributed by atoms with Crippen molar-refractivity contribution in [1.29, 1.82) is 0 Å². The molecule has 1 saturated heterocycles. The Morgan fingerprint density at radius 3 is 2.86 bits per heavy atom. The van der Waals surface area contributed by atoms with Gasteiger partial charge >= 0.3 is 0 Å². The normalized spacial score (nSPS) is 24.9. The van der Waals surface area contributed by atoms with Gasteiger partial charge in [-0.1, -0.05) is 12.1 Å². The Morgan fingerprint density at radius 2 is 2.07 bits per heavy atom. The number of nitrogens with one attached hydrogen (secondary N) is 2. The van der Waals surface area contributed by atoms with Gasteiger partial charge in [-0.25, -0.2) is 0 Å². The van der Waals surface area contributed by atoms with Gasteiger partial charge in [-0.05, 0) is 67.0 Å². The van der Waals surface area contributed by atoms with E-state index >= 15 is 0 Å². The van der Waals surface area contributed by atoms with Crippen LogP contribution in [0.15, 0.2) is 47.8 Å². The van der Waals surface area contributed by atoms with Gasteiger partial charge < -0.3 is 20.2 Å². The standard InChI is InChI=1S/C23H30N4O2/c1-28-20-6-5-17(12-21(20)29-2)14-23-8-7-19(13-22(23)25-11-9-23)27-26-16-18-4-3-10-24-15-18/h3-6,10,12,15,22,25-26H,7-9,11,13-14,16H2,1-2H3/t22-,23+/m0/s1. The van der Waals surface area contributed by atoms with E-state index in [1.54, 1.807) is 20.4 Å². The van der Waals surface area contributed by atoms with Crippen molar-refractivity contribution < 1.29 is 9.47 Å². The van der Waals surface area contributed by atoms with E-state index < -0.39 is 0 Å². The summed E-state index contributed by atoms with van der Waals surface area (Å²) in [5, 5.41) is 8.42. The first-order chi connectivity index (χ1) is 14.2. The van der Waals surface area contributed by atoms with E-state index in [0.717, 1.165) is 49.3 Å². The molecular formula is C23H30N4O2. The van der Waals surface area contributed by atoms with Crippen molar-refractivity contribution in [3.63, 3.8) is 0 Å². The number of hydrogen-bond donors (Lipinski definition) is 2. The molecule has 2 aliphatic rings. The molecule has 2 N–H and O–H groups in total. The van der Waals surface area contributed by atoms with E-state index in [9.17, 15) is 0 Å². The molecule has 6 heteroatoms. The van der Waals surface area contributed by atoms with Crippen LogP contribution in [0.1, 0.15) is 36.8 Å². The van der Waals surface area contributed by atoms with Crippen LogP contribution in [0.5, 0.6) is 11.5 Å². The number of rotatable bonds is 7. The number of hydrogen-bond acceptors (Lipinski definition) is 6. The van der Waals surface area contributed by atoms with Gasteiger partial charge in [-0.2, -0.15) is 5.10 Å². The quantitative estimate of drug-likeness (QED) is 0.705. The second kappa shape index (κ2) is 8.82. The minimum absolute atomic E-state index is 0.294. The van der Waals surface area contributed by atoms with Crippen LogP contribution in [0.25, 0.3) is 0 Å². The van der Waals surface area contributed by atoms with Crippen molar-refractivity contribution in [3.05, 3.63) is 53.9 Å². The molecule has 0 spiro atoms. The van der Waals surface area contributed by atoms with Crippen LogP contribution in [-0.2, 0) is 13.0 Å². The molecule has 0 bridgehead atoms. The van der Waals surface area contributed by atoms with E-state index in [4.69, 9.17) is 9.47 Å². The van der Waals surface area contributed by atoms with Crippen molar-refractivity contribution in [2.45, 2.75) is 44.7 Å². The second-order valence-corrected chi connectivity index (χ2v) is 8.06. The van der Waals surface area contributed by atoms with E-state index in [0.29, 0.717) is 18.0 Å². The summed E-state index contributed by atoms with van der Waals surface area (Å²) >= 11 is 0. The monoisotopic (exact) mass is 394 g/mol. The summed E-state index contributed by atoms with van der Waals surface area (Å²) in [7, 11) is 3.37. The molecule has 154 valence electrons. The van der Waals surface area contributed by atoms with Crippen molar-refractivity contribution in [2.24, 2.45) is 10.5 Å². The highest BCUT2D eigenvalue weighted by molar-refractivity contribution is 5.86. The lowest BCUT2D eigenvalue weighted by Crippen LogP contribution is -2.44. The first-order valence-electron chi connectivity index (χ1n) is 10.3. The Kier molecular flexibility index (Phi) is 6.00. The highest BCUT2D eigenvalue weighted by Gasteiger charge is 2.45. The largest absolute Gasteiger partial charge is 0.493 e. The maximum atomic E-state index is 5.50. The second-order valence-electron chi connectivity index (χ2n) is 8.06. The number of ether oxygens (including phenoxy) is 2. The van der Waals surface area contributed by atoms with Crippen LogP contribution in [0.2, 0.25) is 0 Å². The molecule has 2 atom stereocenters. The molecule has 0 amide bonds. The number of benzene rings is 1. The summed E-state index contributed by atoms with van der Waals surface area (Å²) in [6.07, 6.45) is 9.15. The molecule has 1 aromatic carbocycles. The number of hydrazone groups is 1. The predicted molar refractivity (Wildman–Crippen MR) is 114 cm³/mol. The van der Waals surface area contributed by atoms with Gasteiger partial charge in [0.05, 0.1) is 20.8 Å². The lowest BCUT2D eigenvalue weighted by molar-refractivity contribution is 0.215. The summed E-state index contributed by atoms with van der Waals surface area (Å²) < 4.78 is 10.9. The molecule has 2 heterocycles. The third-order valence-electron chi connectivity index (χ3n) is 6.35. The number of aromatic nitrogens is 1. The zero-order chi connectivity index (χ0) is 20.1. The molecule has 1 saturated carbocycles. The molecule has 2 aromatic rings. The minimum Gasteiger partial charge on any atom is -0.493 e. The number of fused-ring (bicyclic) bond motifs is 1. The Morgan fingerprint density at radius 1 is 1.17 bits per heavy atom. The first-order valence-corrected chi connectivity index (χ1v) is 10.3. The summed E-state index contributed by atoms with van der Waals surface area (Å²) in [5.41, 5.74) is 7.24. The Bertz CT molecular complexity index is 855. The Balaban J connectivity index is 1.41. The van der Waals surface area contributed by atoms with Crippen molar-refractivity contribution >= 4 is 5.71 Å². The van der Waals surface area contributed by atoms with Crippen LogP contribution in [0, 0.1) is 5.41 Å². The van der Waals surface area contributed by atoms with Crippen LogP contribution in [0.4, 0.5) is 0 Å². The molecular weight excluding hydrogens is 364 g/mol. The molecule has 0 radical (unpaired) electrons. The van der Waals surface area contributed by atoms with Crippen molar-refractivity contribution in [3.8, 4) is 11.5 Å². The van der Waals surface area contributed by atoms with Gasteiger partial charge in [0.2, 0.25) is 0 Å². The lowest BCUT2D eigenvalue weighted by Gasteiger charge is -2.40. The van der Waals surface area contributed by atoms with Gasteiger partial charge in [0, 0.05) is 30.6 Å². The molecule has 4 rings (SSSR count). The molecule has 29 heavy (non-hydrogen) atoms. The Labute approximate surface area is 172 Å². The minimum atomic E-state index is 0.294. The highest BCUT2D eigenvalue weighted by atomic mass is 16.5. The molecule has 1 aromatic heterocycles. The van der Waals surface area contributed by atoms with E-state index in [-0.39, 0.29) is 0 Å². The first kappa shape index (κ1) is 19.7. The number of methoxy groups -OCH3 is 2. The topological polar surface area (TPSA) is 67.8 Å². The molecule has 2 fully saturated rings. The van der Waals surface area contributed by atoms with Crippen molar-refractivity contribution in [1.82, 2.24) is 15.7 Å². The van der Waals surface area contributed by atoms with Crippen LogP contribution in [0.3, 0.4) is 0 Å². The van der Waals surface area contributed by atoms with Crippen molar-refractivity contribution in [2.75, 3.05) is 20.8 Å². The van der Waals surface area contributed by atoms with Crippen LogP contribution in [-0.4, -0.2) is 37.5 Å². The van der Waals surface area contributed by atoms with E-state index in [2.05, 4.69) is 39.0 Å². The molecule has 6 nitrogen and oxygen atoms in total. The van der Waals surface area contributed by atoms with Gasteiger partial charge in [0.15, 0.2) is 11.5 Å². The average molecular weight is 395 g/mol. The summed E-state index contributed by atoms with van der Waals surface area (Å²) in [6.45, 7) is 1.79. The third kappa shape index (κ3) is 4.37. The van der Waals surface area contributed by atoms with Gasteiger partial charge in [0.1, 0.15) is 0 Å². The third-order valence-corrected chi connectivity index (χ3v) is 6.35. The highest BCUT2D eigenvalue weighted by Crippen LogP contribution is 2.45. The number of nitrogens with zero attached hydrogens (tertiary/aromatic N) is 2. The summed E-state index contributed by atoms with van der Waals surface area (Å²) in [5.74, 6) is 1.59. The van der Waals surface area contributed by atoms with Gasteiger partial charge in [0.25, 0.3) is 0 Å². The molecule has 0 unspecified atom stereocenters. The van der Waals surface area contributed by atoms with Crippen LogP contribution < -0.4 is 20.2 Å². The smallest absolute Gasteiger partial charge is 0.160 e. The molecule has 1 aliphatic carbocycles. The van der Waals surface area contributed by atoms with Gasteiger partial charge in [-0.3, -0.25) is 4.98 Å². The lowest BCUT2D eigenvalue weighted by atomic mass is 9.67. The zero-order valence-corrected chi connectivity index (χ0v) is 17.3. The number of pyridine rings is 1. The predicted octanol–water partition coefficient (Wildman–Crippen LogP) is 3.32. The average Bonchev–Trinajstić information content (AvgIpc) is 3.17.